The van der Waals surface area contributed by atoms with E-state index in [2.05, 4.69) is 20.8 Å². The highest BCUT2D eigenvalue weighted by Crippen LogP contribution is 2.89. The summed E-state index contributed by atoms with van der Waals surface area (Å²) in [6.45, 7) is 8.26. The Bertz CT molecular complexity index is 1280. The van der Waals surface area contributed by atoms with Crippen molar-refractivity contribution in [1.82, 2.24) is 0 Å². The lowest BCUT2D eigenvalue weighted by Crippen LogP contribution is -2.92. The van der Waals surface area contributed by atoms with Gasteiger partial charge in [0.15, 0.2) is 6.10 Å². The number of aliphatic hydroxyl groups is 1. The van der Waals surface area contributed by atoms with E-state index in [1.807, 2.05) is 6.07 Å². The first-order valence-corrected chi connectivity index (χ1v) is 13.9. The molecule has 9 nitrogen and oxygen atoms in total. The average Bonchev–Trinajstić information content (AvgIpc) is 3.52. The summed E-state index contributed by atoms with van der Waals surface area (Å²) in [5, 5.41) is 12.9. The Kier molecular flexibility index (Phi) is 3.99. The smallest absolute Gasteiger partial charge is 0.306 e. The van der Waals surface area contributed by atoms with E-state index in [0.29, 0.717) is 25.7 Å². The lowest BCUT2D eigenvalue weighted by molar-refractivity contribution is -0.472. The van der Waals surface area contributed by atoms with Gasteiger partial charge in [0.25, 0.3) is 5.97 Å². The minimum absolute atomic E-state index is 0.157. The number of fused-ring (bicyclic) bond motifs is 3. The predicted molar refractivity (Wildman–Crippen MR) is 128 cm³/mol. The molecule has 206 valence electrons. The Morgan fingerprint density at radius 3 is 2.58 bits per heavy atom. The quantitative estimate of drug-likeness (QED) is 0.588. The fourth-order valence-corrected chi connectivity index (χ4v) is 11.7. The van der Waals surface area contributed by atoms with Crippen LogP contribution in [-0.2, 0) is 39.7 Å². The number of methoxy groups -OCH3 is 1. The third-order valence-corrected chi connectivity index (χ3v) is 12.6. The number of rotatable bonds is 4. The molecule has 3 aliphatic heterocycles. The Hall–Kier alpha value is -1.94. The van der Waals surface area contributed by atoms with Gasteiger partial charge in [-0.15, -0.1) is 0 Å². The highest BCUT2D eigenvalue weighted by molar-refractivity contribution is 5.74. The van der Waals surface area contributed by atoms with Crippen LogP contribution >= 0.6 is 0 Å². The number of hydrogen-bond donors (Lipinski definition) is 1. The minimum Gasteiger partial charge on any atom is -0.472 e. The Morgan fingerprint density at radius 1 is 1.11 bits per heavy atom. The topological polar surface area (TPSA) is 114 Å². The summed E-state index contributed by atoms with van der Waals surface area (Å²) < 4.78 is 37.7. The molecule has 0 amide bonds. The van der Waals surface area contributed by atoms with E-state index in [-0.39, 0.29) is 42.0 Å². The van der Waals surface area contributed by atoms with Gasteiger partial charge in [-0.25, -0.2) is 0 Å². The molecule has 4 saturated carbocycles. The van der Waals surface area contributed by atoms with E-state index in [1.54, 1.807) is 19.5 Å². The minimum atomic E-state index is -1.49. The molecular formula is C29H36O9. The zero-order valence-electron chi connectivity index (χ0n) is 22.6. The average molecular weight is 529 g/mol. The van der Waals surface area contributed by atoms with Crippen molar-refractivity contribution >= 4 is 11.9 Å². The van der Waals surface area contributed by atoms with Gasteiger partial charge in [0.2, 0.25) is 0 Å². The summed E-state index contributed by atoms with van der Waals surface area (Å²) in [7, 11) is 1.41. The van der Waals surface area contributed by atoms with Crippen LogP contribution in [0.5, 0.6) is 0 Å². The number of esters is 2. The van der Waals surface area contributed by atoms with Crippen LogP contribution < -0.4 is 0 Å². The first-order chi connectivity index (χ1) is 17.8. The summed E-state index contributed by atoms with van der Waals surface area (Å²) in [5.74, 6) is -2.51. The highest BCUT2D eigenvalue weighted by atomic mass is 16.9. The molecule has 0 radical (unpaired) electrons. The summed E-state index contributed by atoms with van der Waals surface area (Å²) >= 11 is 0. The lowest BCUT2D eigenvalue weighted by atomic mass is 9.34. The normalized spacial score (nSPS) is 58.6. The van der Waals surface area contributed by atoms with Crippen LogP contribution in [0.4, 0.5) is 0 Å². The van der Waals surface area contributed by atoms with Crippen molar-refractivity contribution < 1.29 is 42.8 Å². The van der Waals surface area contributed by atoms with E-state index in [4.69, 9.17) is 28.1 Å². The van der Waals surface area contributed by atoms with Crippen molar-refractivity contribution in [1.29, 1.82) is 0 Å². The van der Waals surface area contributed by atoms with Gasteiger partial charge < -0.3 is 33.2 Å². The Labute approximate surface area is 221 Å². The molecule has 11 atom stereocenters. The van der Waals surface area contributed by atoms with E-state index in [9.17, 15) is 14.7 Å². The number of furan rings is 1. The summed E-state index contributed by atoms with van der Waals surface area (Å²) in [6, 6.07) is 1.96. The molecule has 3 saturated heterocycles. The fourth-order valence-electron chi connectivity index (χ4n) is 11.7. The van der Waals surface area contributed by atoms with Crippen LogP contribution in [0.1, 0.15) is 71.8 Å². The zero-order chi connectivity index (χ0) is 26.8. The summed E-state index contributed by atoms with van der Waals surface area (Å²) in [5.41, 5.74) is -5.21. The molecule has 7 aliphatic rings. The molecule has 1 aromatic heterocycles. The van der Waals surface area contributed by atoms with Crippen molar-refractivity contribution in [2.24, 2.45) is 28.1 Å². The van der Waals surface area contributed by atoms with Crippen molar-refractivity contribution in [3.05, 3.63) is 24.2 Å². The first-order valence-electron chi connectivity index (χ1n) is 13.9. The first kappa shape index (κ1) is 23.9. The van der Waals surface area contributed by atoms with Crippen LogP contribution in [0, 0.1) is 28.1 Å². The van der Waals surface area contributed by atoms with Gasteiger partial charge in [-0.3, -0.25) is 9.59 Å². The van der Waals surface area contributed by atoms with Gasteiger partial charge in [-0.05, 0) is 60.5 Å². The number of carbonyl (C=O) groups is 2. The molecular weight excluding hydrogens is 492 g/mol. The maximum atomic E-state index is 13.4. The molecule has 3 spiro atoms. The standard InChI is InChI=1S/C29H36O9/c1-22(12-16-6-9-34-13-16)7-8-27-24(3)17(10-19(30)33-5)23(2)14-26(32)21-29(27,18(22)11-20(31)35-21)38-25(4,36-27)37-28(24,26)15-23/h6,9,13,17-18,21,32H,7-8,10-12,14-15H2,1-5H3. The maximum absolute atomic E-state index is 13.4. The van der Waals surface area contributed by atoms with Crippen molar-refractivity contribution in [2.75, 3.05) is 7.11 Å². The van der Waals surface area contributed by atoms with Gasteiger partial charge in [-0.2, -0.15) is 0 Å². The molecule has 4 bridgehead atoms. The monoisotopic (exact) mass is 528 g/mol. The molecule has 11 unspecified atom stereocenters. The second kappa shape index (κ2) is 6.35. The summed E-state index contributed by atoms with van der Waals surface area (Å²) in [4.78, 5) is 26.2. The van der Waals surface area contributed by atoms with Crippen molar-refractivity contribution in [2.45, 2.75) is 107 Å². The van der Waals surface area contributed by atoms with Crippen molar-refractivity contribution in [3.8, 4) is 0 Å². The third-order valence-electron chi connectivity index (χ3n) is 12.6. The molecule has 0 aromatic carbocycles. The fraction of sp³-hybridized carbons (Fsp3) is 0.793. The highest BCUT2D eigenvalue weighted by Gasteiger charge is 3.01. The second-order valence-corrected chi connectivity index (χ2v) is 14.2. The van der Waals surface area contributed by atoms with Gasteiger partial charge >= 0.3 is 11.9 Å². The molecule has 4 heterocycles. The number of ether oxygens (including phenoxy) is 5. The van der Waals surface area contributed by atoms with E-state index in [0.717, 1.165) is 12.0 Å². The van der Waals surface area contributed by atoms with Gasteiger partial charge in [-0.1, -0.05) is 20.8 Å². The predicted octanol–water partition coefficient (Wildman–Crippen LogP) is 3.27. The van der Waals surface area contributed by atoms with Crippen LogP contribution in [0.15, 0.2) is 23.0 Å². The van der Waals surface area contributed by atoms with Gasteiger partial charge in [0.1, 0.15) is 22.4 Å². The third kappa shape index (κ3) is 2.10. The van der Waals surface area contributed by atoms with Crippen molar-refractivity contribution in [3.63, 3.8) is 0 Å². The molecule has 38 heavy (non-hydrogen) atoms. The largest absolute Gasteiger partial charge is 0.472 e. The van der Waals surface area contributed by atoms with Gasteiger partial charge in [0.05, 0.1) is 26.1 Å². The number of hydrogen-bond acceptors (Lipinski definition) is 9. The van der Waals surface area contributed by atoms with Gasteiger partial charge in [0, 0.05) is 24.7 Å². The van der Waals surface area contributed by atoms with Crippen LogP contribution in [0.25, 0.3) is 0 Å². The second-order valence-electron chi connectivity index (χ2n) is 14.2. The van der Waals surface area contributed by atoms with E-state index < -0.39 is 45.3 Å². The van der Waals surface area contributed by atoms with E-state index >= 15 is 0 Å². The molecule has 8 rings (SSSR count). The Balaban J connectivity index is 1.40. The van der Waals surface area contributed by atoms with Crippen LogP contribution in [0.2, 0.25) is 0 Å². The van der Waals surface area contributed by atoms with Crippen LogP contribution in [-0.4, -0.2) is 58.6 Å². The molecule has 4 aliphatic carbocycles. The van der Waals surface area contributed by atoms with Crippen LogP contribution in [0.3, 0.4) is 0 Å². The molecule has 7 fully saturated rings. The summed E-state index contributed by atoms with van der Waals surface area (Å²) in [6.07, 6.45) is 5.80. The zero-order valence-corrected chi connectivity index (χ0v) is 22.6. The maximum Gasteiger partial charge on any atom is 0.306 e. The lowest BCUT2D eigenvalue weighted by Gasteiger charge is -2.76. The SMILES string of the molecule is COC(=O)CC1C2(C)CC3(O)C4OC(=O)CC5C(C)(Cc6ccoc6)CCC67OC(C)(OC546)OC3(C2)C17C. The molecule has 9 heteroatoms. The molecule has 1 aromatic rings. The Morgan fingerprint density at radius 2 is 1.87 bits per heavy atom. The van der Waals surface area contributed by atoms with E-state index in [1.165, 1.54) is 7.11 Å². The number of carbonyl (C=O) groups excluding carboxylic acids is 2. The molecule has 1 N–H and O–H groups in total.